The van der Waals surface area contributed by atoms with Crippen LogP contribution in [0.15, 0.2) is 11.4 Å². The normalized spacial score (nSPS) is 14.2. The van der Waals surface area contributed by atoms with Crippen LogP contribution in [-0.4, -0.2) is 19.8 Å². The number of halogens is 3. The van der Waals surface area contributed by atoms with Gasteiger partial charge in [-0.15, -0.1) is 11.3 Å². The minimum Gasteiger partial charge on any atom is -0.320 e. The van der Waals surface area contributed by atoms with Crippen molar-refractivity contribution in [1.82, 2.24) is 5.32 Å². The van der Waals surface area contributed by atoms with Crippen LogP contribution in [0.4, 0.5) is 13.2 Å². The van der Waals surface area contributed by atoms with Crippen molar-refractivity contribution in [1.29, 1.82) is 0 Å². The fourth-order valence-corrected chi connectivity index (χ4v) is 2.56. The summed E-state index contributed by atoms with van der Waals surface area (Å²) in [5, 5.41) is 4.47. The molecule has 1 heterocycles. The standard InChI is InChI=1S/C10H14F3NS/c1-7-4-6-15-9(7)8(3-5-14-2)10(11,12)13/h4,6,8,14H,3,5H2,1-2H3. The van der Waals surface area contributed by atoms with Gasteiger partial charge in [0.25, 0.3) is 0 Å². The van der Waals surface area contributed by atoms with Crippen LogP contribution in [0, 0.1) is 6.92 Å². The highest BCUT2D eigenvalue weighted by Crippen LogP contribution is 2.40. The molecule has 5 heteroatoms. The smallest absolute Gasteiger partial charge is 0.320 e. The maximum atomic E-state index is 12.8. The summed E-state index contributed by atoms with van der Waals surface area (Å²) in [4.78, 5) is 0.442. The van der Waals surface area contributed by atoms with Crippen molar-refractivity contribution in [3.8, 4) is 0 Å². The third kappa shape index (κ3) is 3.21. The van der Waals surface area contributed by atoms with Crippen LogP contribution in [0.5, 0.6) is 0 Å². The number of thiophene rings is 1. The number of nitrogens with one attached hydrogen (secondary N) is 1. The van der Waals surface area contributed by atoms with Gasteiger partial charge in [-0.1, -0.05) is 0 Å². The molecule has 0 aliphatic rings. The second kappa shape index (κ2) is 4.99. The van der Waals surface area contributed by atoms with Gasteiger partial charge in [0.1, 0.15) is 0 Å². The number of hydrogen-bond donors (Lipinski definition) is 1. The first-order valence-electron chi connectivity index (χ1n) is 4.72. The highest BCUT2D eigenvalue weighted by Gasteiger charge is 2.41. The second-order valence-corrected chi connectivity index (χ2v) is 4.40. The molecule has 15 heavy (non-hydrogen) atoms. The van der Waals surface area contributed by atoms with Crippen molar-refractivity contribution in [3.05, 3.63) is 21.9 Å². The largest absolute Gasteiger partial charge is 0.396 e. The third-order valence-corrected chi connectivity index (χ3v) is 3.43. The molecule has 0 bridgehead atoms. The van der Waals surface area contributed by atoms with Crippen molar-refractivity contribution in [2.24, 2.45) is 0 Å². The Kier molecular flexibility index (Phi) is 4.16. The van der Waals surface area contributed by atoms with E-state index in [1.54, 1.807) is 25.4 Å². The van der Waals surface area contributed by atoms with E-state index in [1.165, 1.54) is 11.3 Å². The molecule has 1 aromatic heterocycles. The van der Waals surface area contributed by atoms with E-state index < -0.39 is 12.1 Å². The predicted molar refractivity (Wildman–Crippen MR) is 56.4 cm³/mol. The SMILES string of the molecule is CNCCC(c1sccc1C)C(F)(F)F. The van der Waals surface area contributed by atoms with Crippen LogP contribution in [0.25, 0.3) is 0 Å². The predicted octanol–water partition coefficient (Wildman–Crippen LogP) is 3.31. The molecule has 1 aromatic rings. The molecule has 0 aliphatic carbocycles. The van der Waals surface area contributed by atoms with E-state index in [1.807, 2.05) is 0 Å². The maximum Gasteiger partial charge on any atom is 0.396 e. The van der Waals surface area contributed by atoms with Crippen LogP contribution < -0.4 is 5.32 Å². The molecule has 1 N–H and O–H groups in total. The lowest BCUT2D eigenvalue weighted by Crippen LogP contribution is -2.24. The number of aryl methyl sites for hydroxylation is 1. The minimum absolute atomic E-state index is 0.0986. The zero-order chi connectivity index (χ0) is 11.5. The average molecular weight is 237 g/mol. The van der Waals surface area contributed by atoms with Gasteiger partial charge in [0, 0.05) is 4.88 Å². The molecule has 0 aliphatic heterocycles. The number of rotatable bonds is 4. The third-order valence-electron chi connectivity index (χ3n) is 2.30. The Morgan fingerprint density at radius 1 is 1.47 bits per heavy atom. The Hall–Kier alpha value is -0.550. The van der Waals surface area contributed by atoms with E-state index in [-0.39, 0.29) is 6.42 Å². The molecular formula is C10H14F3NS. The number of hydrogen-bond acceptors (Lipinski definition) is 2. The van der Waals surface area contributed by atoms with Crippen LogP contribution >= 0.6 is 11.3 Å². The lowest BCUT2D eigenvalue weighted by molar-refractivity contribution is -0.151. The Labute approximate surface area is 91.3 Å². The molecule has 1 unspecified atom stereocenters. The molecule has 1 atom stereocenters. The zero-order valence-electron chi connectivity index (χ0n) is 8.69. The molecule has 0 aromatic carbocycles. The first kappa shape index (κ1) is 12.5. The zero-order valence-corrected chi connectivity index (χ0v) is 9.50. The van der Waals surface area contributed by atoms with Gasteiger partial charge >= 0.3 is 6.18 Å². The molecule has 1 nitrogen and oxygen atoms in total. The van der Waals surface area contributed by atoms with Crippen molar-refractivity contribution in [3.63, 3.8) is 0 Å². The second-order valence-electron chi connectivity index (χ2n) is 3.45. The first-order chi connectivity index (χ1) is 6.96. The van der Waals surface area contributed by atoms with Crippen LogP contribution in [0.1, 0.15) is 22.8 Å². The van der Waals surface area contributed by atoms with Crippen LogP contribution in [0.3, 0.4) is 0 Å². The molecule has 1 rings (SSSR count). The van der Waals surface area contributed by atoms with E-state index in [4.69, 9.17) is 0 Å². The molecule has 0 amide bonds. The molecule has 86 valence electrons. The van der Waals surface area contributed by atoms with E-state index in [0.29, 0.717) is 11.4 Å². The Morgan fingerprint density at radius 2 is 2.13 bits per heavy atom. The lowest BCUT2D eigenvalue weighted by atomic mass is 10.0. The van der Waals surface area contributed by atoms with Crippen LogP contribution in [-0.2, 0) is 0 Å². The van der Waals surface area contributed by atoms with Gasteiger partial charge in [-0.2, -0.15) is 13.2 Å². The summed E-state index contributed by atoms with van der Waals surface area (Å²) < 4.78 is 38.3. The Morgan fingerprint density at radius 3 is 2.53 bits per heavy atom. The van der Waals surface area contributed by atoms with Crippen molar-refractivity contribution < 1.29 is 13.2 Å². The number of alkyl halides is 3. The highest BCUT2D eigenvalue weighted by molar-refractivity contribution is 7.10. The fourth-order valence-electron chi connectivity index (χ4n) is 1.47. The van der Waals surface area contributed by atoms with E-state index in [9.17, 15) is 13.2 Å². The summed E-state index contributed by atoms with van der Waals surface area (Å²) in [6.07, 6.45) is -4.05. The van der Waals surface area contributed by atoms with Crippen molar-refractivity contribution >= 4 is 11.3 Å². The van der Waals surface area contributed by atoms with Crippen molar-refractivity contribution in [2.45, 2.75) is 25.4 Å². The summed E-state index contributed by atoms with van der Waals surface area (Å²) in [6.45, 7) is 2.10. The van der Waals surface area contributed by atoms with E-state index in [0.717, 1.165) is 5.56 Å². The highest BCUT2D eigenvalue weighted by atomic mass is 32.1. The minimum atomic E-state index is -4.15. The maximum absolute atomic E-state index is 12.8. The summed E-state index contributed by atoms with van der Waals surface area (Å²) in [6, 6.07) is 1.73. The average Bonchev–Trinajstić information content (AvgIpc) is 2.51. The fraction of sp³-hybridized carbons (Fsp3) is 0.600. The molecule has 0 saturated heterocycles. The Bertz CT molecular complexity index is 306. The summed E-state index contributed by atoms with van der Waals surface area (Å²) in [5.74, 6) is -1.33. The Balaban J connectivity index is 2.87. The van der Waals surface area contributed by atoms with Gasteiger partial charge in [-0.05, 0) is 43.9 Å². The van der Waals surface area contributed by atoms with E-state index in [2.05, 4.69) is 5.32 Å². The molecular weight excluding hydrogens is 223 g/mol. The van der Waals surface area contributed by atoms with Crippen LogP contribution in [0.2, 0.25) is 0 Å². The molecule has 0 saturated carbocycles. The van der Waals surface area contributed by atoms with Gasteiger partial charge in [-0.3, -0.25) is 0 Å². The van der Waals surface area contributed by atoms with Gasteiger partial charge in [0.15, 0.2) is 0 Å². The van der Waals surface area contributed by atoms with Gasteiger partial charge in [-0.25, -0.2) is 0 Å². The quantitative estimate of drug-likeness (QED) is 0.847. The summed E-state index contributed by atoms with van der Waals surface area (Å²) in [5.41, 5.74) is 0.735. The van der Waals surface area contributed by atoms with Gasteiger partial charge in [0.05, 0.1) is 5.92 Å². The topological polar surface area (TPSA) is 12.0 Å². The van der Waals surface area contributed by atoms with Gasteiger partial charge in [0.2, 0.25) is 0 Å². The summed E-state index contributed by atoms with van der Waals surface area (Å²) in [7, 11) is 1.66. The lowest BCUT2D eigenvalue weighted by Gasteiger charge is -2.19. The molecule has 0 radical (unpaired) electrons. The molecule has 0 spiro atoms. The van der Waals surface area contributed by atoms with E-state index >= 15 is 0 Å². The van der Waals surface area contributed by atoms with Gasteiger partial charge < -0.3 is 5.32 Å². The molecule has 0 fully saturated rings. The first-order valence-corrected chi connectivity index (χ1v) is 5.60. The van der Waals surface area contributed by atoms with Crippen molar-refractivity contribution in [2.75, 3.05) is 13.6 Å². The summed E-state index contributed by atoms with van der Waals surface area (Å²) >= 11 is 1.19. The monoisotopic (exact) mass is 237 g/mol.